The molecule has 1 N–H and O–H groups in total. The van der Waals surface area contributed by atoms with Gasteiger partial charge in [-0.2, -0.15) is 0 Å². The number of benzene rings is 1. The fourth-order valence-electron chi connectivity index (χ4n) is 2.71. The molecule has 0 fully saturated rings. The van der Waals surface area contributed by atoms with Gasteiger partial charge in [0, 0.05) is 6.07 Å². The van der Waals surface area contributed by atoms with E-state index >= 15 is 0 Å². The summed E-state index contributed by atoms with van der Waals surface area (Å²) >= 11 is 0. The number of fused-ring (bicyclic) bond motifs is 1. The molecule has 0 radical (unpaired) electrons. The number of carbonyl (C=O) groups is 2. The predicted octanol–water partition coefficient (Wildman–Crippen LogP) is 2.84. The lowest BCUT2D eigenvalue weighted by Gasteiger charge is -2.35. The van der Waals surface area contributed by atoms with E-state index in [-0.39, 0.29) is 41.3 Å². The Morgan fingerprint density at radius 1 is 1.35 bits per heavy atom. The highest BCUT2D eigenvalue weighted by Crippen LogP contribution is 2.39. The van der Waals surface area contributed by atoms with Gasteiger partial charge in [0.05, 0.1) is 23.2 Å². The van der Waals surface area contributed by atoms with Gasteiger partial charge in [-0.05, 0) is 24.1 Å². The molecule has 2 heterocycles. The lowest BCUT2D eigenvalue weighted by molar-refractivity contribution is -0.384. The molecule has 1 aliphatic rings. The first-order valence-electron chi connectivity index (χ1n) is 7.86. The number of aromatic carboxylic acids is 1. The van der Waals surface area contributed by atoms with Crippen LogP contribution >= 0.6 is 0 Å². The second kappa shape index (κ2) is 6.51. The number of ether oxygens (including phenoxy) is 1. The molecular formula is C17H16N2O7. The molecule has 136 valence electrons. The van der Waals surface area contributed by atoms with Crippen LogP contribution in [0.25, 0.3) is 0 Å². The topological polar surface area (TPSA) is 123 Å². The van der Waals surface area contributed by atoms with Crippen molar-refractivity contribution in [2.24, 2.45) is 5.92 Å². The highest BCUT2D eigenvalue weighted by Gasteiger charge is 2.37. The number of carboxylic acids is 1. The third-order valence-electron chi connectivity index (χ3n) is 4.00. The molecule has 1 aliphatic heterocycles. The lowest BCUT2D eigenvalue weighted by Crippen LogP contribution is -2.47. The van der Waals surface area contributed by atoms with E-state index < -0.39 is 17.0 Å². The maximum Gasteiger partial charge on any atom is 0.371 e. The average Bonchev–Trinajstić information content (AvgIpc) is 3.05. The van der Waals surface area contributed by atoms with Gasteiger partial charge >= 0.3 is 5.97 Å². The number of hydrogen-bond donors (Lipinski definition) is 1. The zero-order valence-corrected chi connectivity index (χ0v) is 14.0. The second-order valence-electron chi connectivity index (χ2n) is 6.19. The molecule has 0 bridgehead atoms. The van der Waals surface area contributed by atoms with Crippen molar-refractivity contribution in [1.29, 1.82) is 0 Å². The van der Waals surface area contributed by atoms with E-state index in [4.69, 9.17) is 14.3 Å². The van der Waals surface area contributed by atoms with E-state index in [1.807, 2.05) is 0 Å². The third kappa shape index (κ3) is 3.10. The highest BCUT2D eigenvalue weighted by molar-refractivity contribution is 6.00. The first-order valence-corrected chi connectivity index (χ1v) is 7.86. The van der Waals surface area contributed by atoms with Crippen LogP contribution in [0.4, 0.5) is 11.4 Å². The number of hydrogen-bond acceptors (Lipinski definition) is 6. The van der Waals surface area contributed by atoms with Crippen molar-refractivity contribution in [1.82, 2.24) is 0 Å². The van der Waals surface area contributed by atoms with Gasteiger partial charge < -0.3 is 14.3 Å². The van der Waals surface area contributed by atoms with Gasteiger partial charge in [-0.15, -0.1) is 0 Å². The molecule has 1 atom stereocenters. The van der Waals surface area contributed by atoms with Crippen LogP contribution in [0, 0.1) is 16.0 Å². The average molecular weight is 360 g/mol. The zero-order chi connectivity index (χ0) is 19.0. The van der Waals surface area contributed by atoms with Crippen LogP contribution < -0.4 is 9.64 Å². The SMILES string of the molecule is CC(C)C1Oc2cc([N+](=O)[O-])ccc2N(Cc2ccc(C(=O)O)o2)C1=O. The summed E-state index contributed by atoms with van der Waals surface area (Å²) in [5, 5.41) is 20.0. The summed E-state index contributed by atoms with van der Waals surface area (Å²) < 4.78 is 10.9. The van der Waals surface area contributed by atoms with Gasteiger partial charge in [0.2, 0.25) is 5.76 Å². The largest absolute Gasteiger partial charge is 0.478 e. The molecule has 1 aromatic heterocycles. The van der Waals surface area contributed by atoms with Crippen molar-refractivity contribution in [2.45, 2.75) is 26.5 Å². The summed E-state index contributed by atoms with van der Waals surface area (Å²) in [6.07, 6.45) is -0.807. The molecule has 0 saturated heterocycles. The van der Waals surface area contributed by atoms with Crippen molar-refractivity contribution in [3.8, 4) is 5.75 Å². The molecule has 3 rings (SSSR count). The molecule has 1 amide bonds. The van der Waals surface area contributed by atoms with Crippen LogP contribution in [0.3, 0.4) is 0 Å². The Hall–Kier alpha value is -3.36. The fraction of sp³-hybridized carbons (Fsp3) is 0.294. The maximum absolute atomic E-state index is 12.8. The van der Waals surface area contributed by atoms with E-state index in [9.17, 15) is 19.7 Å². The van der Waals surface area contributed by atoms with E-state index in [2.05, 4.69) is 0 Å². The second-order valence-corrected chi connectivity index (χ2v) is 6.19. The van der Waals surface area contributed by atoms with Gasteiger partial charge in [0.25, 0.3) is 11.6 Å². The monoisotopic (exact) mass is 360 g/mol. The number of anilines is 1. The number of rotatable bonds is 5. The summed E-state index contributed by atoms with van der Waals surface area (Å²) in [7, 11) is 0. The number of nitro benzene ring substituents is 1. The Balaban J connectivity index is 2.00. The first kappa shape index (κ1) is 17.5. The summed E-state index contributed by atoms with van der Waals surface area (Å²) in [5.41, 5.74) is 0.220. The number of amides is 1. The van der Waals surface area contributed by atoms with Gasteiger partial charge in [0.1, 0.15) is 5.76 Å². The Morgan fingerprint density at radius 3 is 2.65 bits per heavy atom. The van der Waals surface area contributed by atoms with E-state index in [1.165, 1.54) is 35.2 Å². The number of carbonyl (C=O) groups excluding carboxylic acids is 1. The smallest absolute Gasteiger partial charge is 0.371 e. The molecule has 1 unspecified atom stereocenters. The minimum Gasteiger partial charge on any atom is -0.478 e. The Morgan fingerprint density at radius 2 is 2.08 bits per heavy atom. The normalized spacial score (nSPS) is 16.3. The van der Waals surface area contributed by atoms with Crippen molar-refractivity contribution in [3.63, 3.8) is 0 Å². The third-order valence-corrected chi connectivity index (χ3v) is 4.00. The minimum atomic E-state index is -1.21. The standard InChI is InChI=1S/C17H16N2O7/c1-9(2)15-16(20)18(8-11-4-6-13(25-11)17(21)22)12-5-3-10(19(23)24)7-14(12)26-15/h3-7,9,15H,8H2,1-2H3,(H,21,22). The van der Waals surface area contributed by atoms with Gasteiger partial charge in [-0.3, -0.25) is 19.8 Å². The molecule has 26 heavy (non-hydrogen) atoms. The number of non-ortho nitro benzene ring substituents is 1. The molecule has 2 aromatic rings. The van der Waals surface area contributed by atoms with Gasteiger partial charge in [0.15, 0.2) is 11.9 Å². The van der Waals surface area contributed by atoms with E-state index in [0.29, 0.717) is 5.69 Å². The summed E-state index contributed by atoms with van der Waals surface area (Å²) in [6.45, 7) is 3.60. The number of nitro groups is 1. The molecule has 9 nitrogen and oxygen atoms in total. The van der Waals surface area contributed by atoms with Crippen molar-refractivity contribution in [2.75, 3.05) is 4.90 Å². The Bertz CT molecular complexity index is 887. The molecule has 9 heteroatoms. The summed E-state index contributed by atoms with van der Waals surface area (Å²) in [4.78, 5) is 35.6. The van der Waals surface area contributed by atoms with Gasteiger partial charge in [-0.25, -0.2) is 4.79 Å². The Kier molecular flexibility index (Phi) is 4.37. The van der Waals surface area contributed by atoms with Crippen LogP contribution in [0.1, 0.15) is 30.2 Å². The van der Waals surface area contributed by atoms with E-state index in [0.717, 1.165) is 0 Å². The first-order chi connectivity index (χ1) is 12.3. The van der Waals surface area contributed by atoms with Crippen LogP contribution in [-0.2, 0) is 11.3 Å². The fourth-order valence-corrected chi connectivity index (χ4v) is 2.71. The molecule has 0 saturated carbocycles. The molecule has 0 aliphatic carbocycles. The lowest BCUT2D eigenvalue weighted by atomic mass is 10.0. The van der Waals surface area contributed by atoms with Crippen LogP contribution in [0.15, 0.2) is 34.7 Å². The Labute approximate surface area is 147 Å². The number of carboxylic acid groups (broad SMARTS) is 1. The minimum absolute atomic E-state index is 0.0104. The van der Waals surface area contributed by atoms with Crippen molar-refractivity contribution >= 4 is 23.3 Å². The van der Waals surface area contributed by atoms with Crippen molar-refractivity contribution in [3.05, 3.63) is 52.0 Å². The zero-order valence-electron chi connectivity index (χ0n) is 14.0. The predicted molar refractivity (Wildman–Crippen MR) is 89.2 cm³/mol. The summed E-state index contributed by atoms with van der Waals surface area (Å²) in [5.74, 6) is -1.42. The molecule has 1 aromatic carbocycles. The van der Waals surface area contributed by atoms with Gasteiger partial charge in [-0.1, -0.05) is 13.8 Å². The summed E-state index contributed by atoms with van der Waals surface area (Å²) in [6, 6.07) is 6.77. The number of nitrogens with zero attached hydrogens (tertiary/aromatic N) is 2. The van der Waals surface area contributed by atoms with Crippen LogP contribution in [0.2, 0.25) is 0 Å². The van der Waals surface area contributed by atoms with Crippen molar-refractivity contribution < 1.29 is 28.8 Å². The number of furan rings is 1. The van der Waals surface area contributed by atoms with Crippen LogP contribution in [-0.4, -0.2) is 28.0 Å². The molecule has 0 spiro atoms. The van der Waals surface area contributed by atoms with Crippen LogP contribution in [0.5, 0.6) is 5.75 Å². The highest BCUT2D eigenvalue weighted by atomic mass is 16.6. The van der Waals surface area contributed by atoms with E-state index in [1.54, 1.807) is 13.8 Å². The maximum atomic E-state index is 12.8. The molecular weight excluding hydrogens is 344 g/mol. The quantitative estimate of drug-likeness (QED) is 0.642.